The molecular weight excluding hydrogens is 454 g/mol. The van der Waals surface area contributed by atoms with Gasteiger partial charge in [0.25, 0.3) is 0 Å². The fourth-order valence-electron chi connectivity index (χ4n) is 4.87. The van der Waals surface area contributed by atoms with Gasteiger partial charge < -0.3 is 29.0 Å². The highest BCUT2D eigenvalue weighted by molar-refractivity contribution is 6.12. The molecule has 3 atom stereocenters. The molecule has 0 bridgehead atoms. The van der Waals surface area contributed by atoms with Crippen LogP contribution < -0.4 is 14.8 Å². The molecule has 0 fully saturated rings. The molecule has 35 heavy (non-hydrogen) atoms. The van der Waals surface area contributed by atoms with Gasteiger partial charge in [0.15, 0.2) is 17.3 Å². The molecule has 0 amide bonds. The van der Waals surface area contributed by atoms with E-state index in [4.69, 9.17) is 23.7 Å². The average molecular weight is 486 g/mol. The lowest BCUT2D eigenvalue weighted by atomic mass is 9.69. The van der Waals surface area contributed by atoms with E-state index < -0.39 is 23.8 Å². The standard InChI is InChI=1S/C26H31NO8/c1-13(2)32-8-9-33-26(30)21-15(4)27-17-10-14(3)20(25(29)31-5)24(28)23(17)22(21)16-6-7-18-19(11-16)35-12-34-18/h6-7,11,13-14,20,22,27H,8-10,12H2,1-5H3/t14-,20+,22+/m1/s1. The third kappa shape index (κ3) is 4.77. The van der Waals surface area contributed by atoms with Crippen LogP contribution in [0.15, 0.2) is 40.7 Å². The van der Waals surface area contributed by atoms with Gasteiger partial charge in [-0.2, -0.15) is 0 Å². The van der Waals surface area contributed by atoms with Crippen molar-refractivity contribution >= 4 is 17.7 Å². The number of benzene rings is 1. The lowest BCUT2D eigenvalue weighted by Crippen LogP contribution is -2.43. The molecule has 0 saturated carbocycles. The fraction of sp³-hybridized carbons (Fsp3) is 0.500. The van der Waals surface area contributed by atoms with Crippen LogP contribution in [0, 0.1) is 11.8 Å². The molecule has 1 aliphatic carbocycles. The topological polar surface area (TPSA) is 109 Å². The second kappa shape index (κ2) is 10.1. The molecule has 0 spiro atoms. The maximum Gasteiger partial charge on any atom is 0.336 e. The number of ether oxygens (including phenoxy) is 5. The van der Waals surface area contributed by atoms with Crippen molar-refractivity contribution in [3.63, 3.8) is 0 Å². The molecule has 188 valence electrons. The highest BCUT2D eigenvalue weighted by atomic mass is 16.7. The van der Waals surface area contributed by atoms with Crippen LogP contribution in [0.2, 0.25) is 0 Å². The quantitative estimate of drug-likeness (QED) is 0.354. The van der Waals surface area contributed by atoms with Gasteiger partial charge in [-0.3, -0.25) is 9.59 Å². The first kappa shape index (κ1) is 24.8. The molecule has 9 nitrogen and oxygen atoms in total. The summed E-state index contributed by atoms with van der Waals surface area (Å²) in [6.07, 6.45) is 0.473. The molecular formula is C26H31NO8. The van der Waals surface area contributed by atoms with Gasteiger partial charge in [-0.05, 0) is 50.8 Å². The minimum atomic E-state index is -0.952. The summed E-state index contributed by atoms with van der Waals surface area (Å²) in [5.41, 5.74) is 2.63. The van der Waals surface area contributed by atoms with Crippen LogP contribution in [0.5, 0.6) is 11.5 Å². The lowest BCUT2D eigenvalue weighted by molar-refractivity contribution is -0.151. The summed E-state index contributed by atoms with van der Waals surface area (Å²) in [4.78, 5) is 39.6. The van der Waals surface area contributed by atoms with Gasteiger partial charge in [0.1, 0.15) is 12.5 Å². The van der Waals surface area contributed by atoms with Crippen LogP contribution in [0.3, 0.4) is 0 Å². The van der Waals surface area contributed by atoms with Crippen LogP contribution in [-0.2, 0) is 28.6 Å². The zero-order valence-corrected chi connectivity index (χ0v) is 20.6. The predicted molar refractivity (Wildman–Crippen MR) is 125 cm³/mol. The molecule has 1 aromatic rings. The normalized spacial score (nSPS) is 23.3. The number of rotatable bonds is 7. The largest absolute Gasteiger partial charge is 0.468 e. The van der Waals surface area contributed by atoms with E-state index in [-0.39, 0.29) is 37.8 Å². The second-order valence-corrected chi connectivity index (χ2v) is 9.20. The second-order valence-electron chi connectivity index (χ2n) is 9.20. The molecule has 2 aliphatic heterocycles. The number of fused-ring (bicyclic) bond motifs is 1. The number of nitrogens with one attached hydrogen (secondary N) is 1. The molecule has 0 aromatic heterocycles. The number of allylic oxidation sites excluding steroid dienone is 3. The van der Waals surface area contributed by atoms with Gasteiger partial charge in [0.2, 0.25) is 6.79 Å². The van der Waals surface area contributed by atoms with Crippen molar-refractivity contribution in [2.45, 2.75) is 46.1 Å². The SMILES string of the molecule is COC(=O)[C@@H]1C(=O)C2=C(C[C@H]1C)NC(C)=C(C(=O)OCCOC(C)C)[C@@H]2c1ccc2c(c1)OCO2. The van der Waals surface area contributed by atoms with E-state index in [2.05, 4.69) is 5.32 Å². The molecule has 0 radical (unpaired) electrons. The van der Waals surface area contributed by atoms with Gasteiger partial charge >= 0.3 is 11.9 Å². The van der Waals surface area contributed by atoms with Crippen LogP contribution in [-0.4, -0.2) is 50.9 Å². The first-order chi connectivity index (χ1) is 16.7. The van der Waals surface area contributed by atoms with E-state index in [1.807, 2.05) is 20.8 Å². The van der Waals surface area contributed by atoms with Crippen molar-refractivity contribution in [2.75, 3.05) is 27.1 Å². The van der Waals surface area contributed by atoms with Crippen molar-refractivity contribution in [3.05, 3.63) is 46.3 Å². The van der Waals surface area contributed by atoms with Crippen molar-refractivity contribution in [2.24, 2.45) is 11.8 Å². The van der Waals surface area contributed by atoms with Crippen LogP contribution in [0.1, 0.15) is 45.6 Å². The Balaban J connectivity index is 1.75. The molecule has 3 aliphatic rings. The number of esters is 2. The highest BCUT2D eigenvalue weighted by Crippen LogP contribution is 2.47. The molecule has 2 heterocycles. The summed E-state index contributed by atoms with van der Waals surface area (Å²) >= 11 is 0. The Morgan fingerprint density at radius 1 is 1.17 bits per heavy atom. The molecule has 0 saturated heterocycles. The number of carbonyl (C=O) groups excluding carboxylic acids is 3. The average Bonchev–Trinajstić information content (AvgIpc) is 3.28. The zero-order chi connectivity index (χ0) is 25.3. The van der Waals surface area contributed by atoms with Gasteiger partial charge in [-0.1, -0.05) is 13.0 Å². The number of dihydropyridines is 1. The molecule has 4 rings (SSSR count). The van der Waals surface area contributed by atoms with E-state index in [9.17, 15) is 14.4 Å². The summed E-state index contributed by atoms with van der Waals surface area (Å²) in [5, 5.41) is 3.25. The van der Waals surface area contributed by atoms with E-state index in [1.54, 1.807) is 25.1 Å². The van der Waals surface area contributed by atoms with Crippen molar-refractivity contribution < 1.29 is 38.1 Å². The summed E-state index contributed by atoms with van der Waals surface area (Å²) in [6, 6.07) is 5.32. The molecule has 1 aromatic carbocycles. The van der Waals surface area contributed by atoms with Gasteiger partial charge in [-0.25, -0.2) is 4.79 Å². The first-order valence-electron chi connectivity index (χ1n) is 11.7. The summed E-state index contributed by atoms with van der Waals surface area (Å²) < 4.78 is 26.9. The Labute approximate surface area is 204 Å². The lowest BCUT2D eigenvalue weighted by Gasteiger charge is -2.38. The predicted octanol–water partition coefficient (Wildman–Crippen LogP) is 3.00. The first-order valence-corrected chi connectivity index (χ1v) is 11.7. The van der Waals surface area contributed by atoms with Gasteiger partial charge in [0, 0.05) is 22.9 Å². The number of Topliss-reactive ketones (excluding diaryl/α,β-unsaturated/α-hetero) is 1. The third-order valence-corrected chi connectivity index (χ3v) is 6.46. The Kier molecular flexibility index (Phi) is 7.16. The minimum absolute atomic E-state index is 0.0113. The Morgan fingerprint density at radius 3 is 2.63 bits per heavy atom. The van der Waals surface area contributed by atoms with E-state index >= 15 is 0 Å². The third-order valence-electron chi connectivity index (χ3n) is 6.46. The fourth-order valence-corrected chi connectivity index (χ4v) is 4.87. The Hall–Kier alpha value is -3.33. The van der Waals surface area contributed by atoms with E-state index in [1.165, 1.54) is 7.11 Å². The molecule has 9 heteroatoms. The van der Waals surface area contributed by atoms with Crippen LogP contribution in [0.4, 0.5) is 0 Å². The van der Waals surface area contributed by atoms with E-state index in [0.29, 0.717) is 46.0 Å². The Bertz CT molecular complexity index is 1100. The smallest absolute Gasteiger partial charge is 0.336 e. The van der Waals surface area contributed by atoms with Crippen molar-refractivity contribution in [3.8, 4) is 11.5 Å². The molecule has 1 N–H and O–H groups in total. The molecule has 0 unspecified atom stereocenters. The number of hydrogen-bond donors (Lipinski definition) is 1. The number of methoxy groups -OCH3 is 1. The van der Waals surface area contributed by atoms with Crippen LogP contribution in [0.25, 0.3) is 0 Å². The van der Waals surface area contributed by atoms with Crippen LogP contribution >= 0.6 is 0 Å². The van der Waals surface area contributed by atoms with Crippen molar-refractivity contribution in [1.29, 1.82) is 0 Å². The number of hydrogen-bond acceptors (Lipinski definition) is 9. The maximum atomic E-state index is 13.7. The minimum Gasteiger partial charge on any atom is -0.468 e. The number of ketones is 1. The summed E-state index contributed by atoms with van der Waals surface area (Å²) in [7, 11) is 1.27. The van der Waals surface area contributed by atoms with Crippen molar-refractivity contribution in [1.82, 2.24) is 5.32 Å². The van der Waals surface area contributed by atoms with E-state index in [0.717, 1.165) is 0 Å². The zero-order valence-electron chi connectivity index (χ0n) is 20.6. The Morgan fingerprint density at radius 2 is 1.91 bits per heavy atom. The number of carbonyl (C=O) groups is 3. The summed E-state index contributed by atoms with van der Waals surface area (Å²) in [6.45, 7) is 7.85. The van der Waals surface area contributed by atoms with Gasteiger partial charge in [-0.15, -0.1) is 0 Å². The summed E-state index contributed by atoms with van der Waals surface area (Å²) in [5.74, 6) is -2.34. The maximum absolute atomic E-state index is 13.7. The highest BCUT2D eigenvalue weighted by Gasteiger charge is 2.47. The van der Waals surface area contributed by atoms with Gasteiger partial charge in [0.05, 0.1) is 25.4 Å². The monoisotopic (exact) mass is 485 g/mol.